The molecule has 4 nitrogen and oxygen atoms in total. The van der Waals surface area contributed by atoms with Crippen molar-refractivity contribution in [3.05, 3.63) is 0 Å². The molecule has 1 saturated heterocycles. The first-order valence-corrected chi connectivity index (χ1v) is 5.40. The van der Waals surface area contributed by atoms with Gasteiger partial charge in [-0.1, -0.05) is 19.8 Å². The summed E-state index contributed by atoms with van der Waals surface area (Å²) in [5.74, 6) is 0. The number of nitrogens with one attached hydrogen (secondary N) is 2. The fraction of sp³-hybridized carbons (Fsp3) is 0.900. The largest absolute Gasteiger partial charge is 0.465 e. The summed E-state index contributed by atoms with van der Waals surface area (Å²) in [6.45, 7) is 3.92. The first kappa shape index (κ1) is 11.3. The number of carbonyl (C=O) groups is 1. The fourth-order valence-corrected chi connectivity index (χ4v) is 2.09. The number of hydrogen-bond donors (Lipinski definition) is 3. The Morgan fingerprint density at radius 2 is 2.43 bits per heavy atom. The summed E-state index contributed by atoms with van der Waals surface area (Å²) < 4.78 is 0. The number of piperidine rings is 1. The number of carboxylic acid groups (broad SMARTS) is 1. The van der Waals surface area contributed by atoms with Crippen molar-refractivity contribution in [3.8, 4) is 0 Å². The van der Waals surface area contributed by atoms with Crippen LogP contribution in [0.2, 0.25) is 0 Å². The van der Waals surface area contributed by atoms with Crippen LogP contribution in [0.25, 0.3) is 0 Å². The maximum Gasteiger partial charge on any atom is 0.405 e. The van der Waals surface area contributed by atoms with Crippen molar-refractivity contribution in [2.24, 2.45) is 0 Å². The van der Waals surface area contributed by atoms with Gasteiger partial charge in [0.05, 0.1) is 5.54 Å². The van der Waals surface area contributed by atoms with Crippen LogP contribution in [0.15, 0.2) is 0 Å². The second-order valence-corrected chi connectivity index (χ2v) is 4.09. The smallest absolute Gasteiger partial charge is 0.405 e. The molecule has 0 bridgehead atoms. The molecule has 0 aromatic heterocycles. The Balaban J connectivity index is 2.52. The Bertz CT molecular complexity index is 189. The molecule has 82 valence electrons. The molecule has 4 heteroatoms. The first-order chi connectivity index (χ1) is 6.68. The molecule has 0 unspecified atom stereocenters. The van der Waals surface area contributed by atoms with Crippen molar-refractivity contribution in [2.45, 2.75) is 44.6 Å². The lowest BCUT2D eigenvalue weighted by atomic mass is 9.85. The maximum absolute atomic E-state index is 10.7. The summed E-state index contributed by atoms with van der Waals surface area (Å²) in [7, 11) is 0. The van der Waals surface area contributed by atoms with E-state index in [4.69, 9.17) is 5.11 Å². The SMILES string of the molecule is CCCC[C@@]1(NC(=O)O)CCCNC1. The van der Waals surface area contributed by atoms with Crippen molar-refractivity contribution < 1.29 is 9.90 Å². The van der Waals surface area contributed by atoms with Crippen LogP contribution in [-0.2, 0) is 0 Å². The van der Waals surface area contributed by atoms with Crippen LogP contribution >= 0.6 is 0 Å². The summed E-state index contributed by atoms with van der Waals surface area (Å²) in [6.07, 6.45) is 4.27. The van der Waals surface area contributed by atoms with Crippen molar-refractivity contribution in [1.82, 2.24) is 10.6 Å². The van der Waals surface area contributed by atoms with Crippen LogP contribution in [0.3, 0.4) is 0 Å². The molecule has 14 heavy (non-hydrogen) atoms. The van der Waals surface area contributed by atoms with Gasteiger partial charge >= 0.3 is 6.09 Å². The molecule has 1 amide bonds. The fourth-order valence-electron chi connectivity index (χ4n) is 2.09. The van der Waals surface area contributed by atoms with Gasteiger partial charge in [-0.25, -0.2) is 4.79 Å². The molecule has 0 aromatic carbocycles. The summed E-state index contributed by atoms with van der Waals surface area (Å²) in [4.78, 5) is 10.7. The molecule has 1 atom stereocenters. The molecule has 1 heterocycles. The second-order valence-electron chi connectivity index (χ2n) is 4.09. The average Bonchev–Trinajstić information content (AvgIpc) is 2.15. The van der Waals surface area contributed by atoms with E-state index in [0.29, 0.717) is 0 Å². The molecule has 1 rings (SSSR count). The predicted octanol–water partition coefficient (Wildman–Crippen LogP) is 1.57. The molecule has 0 aliphatic carbocycles. The Morgan fingerprint density at radius 3 is 2.93 bits per heavy atom. The Hall–Kier alpha value is -0.770. The zero-order valence-electron chi connectivity index (χ0n) is 8.81. The van der Waals surface area contributed by atoms with Gasteiger partial charge in [-0.15, -0.1) is 0 Å². The van der Waals surface area contributed by atoms with Gasteiger partial charge in [0.15, 0.2) is 0 Å². The van der Waals surface area contributed by atoms with Gasteiger partial charge in [0, 0.05) is 6.54 Å². The molecule has 0 spiro atoms. The van der Waals surface area contributed by atoms with E-state index in [2.05, 4.69) is 17.6 Å². The zero-order chi connectivity index (χ0) is 10.4. The molecule has 0 radical (unpaired) electrons. The predicted molar refractivity (Wildman–Crippen MR) is 55.5 cm³/mol. The molecule has 1 aliphatic heterocycles. The van der Waals surface area contributed by atoms with Gasteiger partial charge in [-0.05, 0) is 25.8 Å². The number of unbranched alkanes of at least 4 members (excludes halogenated alkanes) is 1. The third kappa shape index (κ3) is 3.18. The summed E-state index contributed by atoms with van der Waals surface area (Å²) >= 11 is 0. The highest BCUT2D eigenvalue weighted by atomic mass is 16.4. The number of amides is 1. The normalized spacial score (nSPS) is 27.2. The van der Waals surface area contributed by atoms with Crippen LogP contribution in [-0.4, -0.2) is 29.8 Å². The Labute approximate surface area is 85.1 Å². The Morgan fingerprint density at radius 1 is 1.64 bits per heavy atom. The standard InChI is InChI=1S/C10H20N2O2/c1-2-3-5-10(12-9(13)14)6-4-7-11-8-10/h11-12H,2-8H2,1H3,(H,13,14)/t10-/m1/s1. The van der Waals surface area contributed by atoms with Gasteiger partial charge in [-0.3, -0.25) is 0 Å². The van der Waals surface area contributed by atoms with Crippen molar-refractivity contribution >= 4 is 6.09 Å². The molecule has 1 fully saturated rings. The minimum absolute atomic E-state index is 0.208. The third-order valence-corrected chi connectivity index (χ3v) is 2.85. The quantitative estimate of drug-likeness (QED) is 0.645. The molecular weight excluding hydrogens is 180 g/mol. The first-order valence-electron chi connectivity index (χ1n) is 5.40. The number of hydrogen-bond acceptors (Lipinski definition) is 2. The summed E-state index contributed by atoms with van der Waals surface area (Å²) in [6, 6.07) is 0. The van der Waals surface area contributed by atoms with Crippen molar-refractivity contribution in [2.75, 3.05) is 13.1 Å². The molecular formula is C10H20N2O2. The highest BCUT2D eigenvalue weighted by Gasteiger charge is 2.32. The van der Waals surface area contributed by atoms with E-state index in [-0.39, 0.29) is 5.54 Å². The lowest BCUT2D eigenvalue weighted by Crippen LogP contribution is -2.57. The topological polar surface area (TPSA) is 61.4 Å². The minimum Gasteiger partial charge on any atom is -0.465 e. The van der Waals surface area contributed by atoms with Crippen LogP contribution < -0.4 is 10.6 Å². The van der Waals surface area contributed by atoms with Crippen LogP contribution in [0.1, 0.15) is 39.0 Å². The maximum atomic E-state index is 10.7. The van der Waals surface area contributed by atoms with Crippen LogP contribution in [0, 0.1) is 0 Å². The minimum atomic E-state index is -0.898. The van der Waals surface area contributed by atoms with Gasteiger partial charge < -0.3 is 15.7 Å². The van der Waals surface area contributed by atoms with E-state index in [9.17, 15) is 4.79 Å². The molecule has 1 aliphatic rings. The lowest BCUT2D eigenvalue weighted by Gasteiger charge is -2.37. The van der Waals surface area contributed by atoms with Crippen molar-refractivity contribution in [3.63, 3.8) is 0 Å². The molecule has 0 aromatic rings. The lowest BCUT2D eigenvalue weighted by molar-refractivity contribution is 0.161. The van der Waals surface area contributed by atoms with E-state index >= 15 is 0 Å². The van der Waals surface area contributed by atoms with Gasteiger partial charge in [0.25, 0.3) is 0 Å². The van der Waals surface area contributed by atoms with E-state index in [1.54, 1.807) is 0 Å². The van der Waals surface area contributed by atoms with Gasteiger partial charge in [0.2, 0.25) is 0 Å². The number of rotatable bonds is 4. The van der Waals surface area contributed by atoms with E-state index < -0.39 is 6.09 Å². The highest BCUT2D eigenvalue weighted by Crippen LogP contribution is 2.22. The third-order valence-electron chi connectivity index (χ3n) is 2.85. The van der Waals surface area contributed by atoms with Gasteiger partial charge in [0.1, 0.15) is 0 Å². The van der Waals surface area contributed by atoms with E-state index in [1.807, 2.05) is 0 Å². The monoisotopic (exact) mass is 200 g/mol. The van der Waals surface area contributed by atoms with Crippen molar-refractivity contribution in [1.29, 1.82) is 0 Å². The van der Waals surface area contributed by atoms with Gasteiger partial charge in [-0.2, -0.15) is 0 Å². The van der Waals surface area contributed by atoms with Crippen LogP contribution in [0.4, 0.5) is 4.79 Å². The van der Waals surface area contributed by atoms with Crippen LogP contribution in [0.5, 0.6) is 0 Å². The van der Waals surface area contributed by atoms with E-state index in [0.717, 1.165) is 45.2 Å². The second kappa shape index (κ2) is 5.20. The Kier molecular flexibility index (Phi) is 4.20. The summed E-state index contributed by atoms with van der Waals surface area (Å²) in [5, 5.41) is 14.7. The molecule has 3 N–H and O–H groups in total. The highest BCUT2D eigenvalue weighted by molar-refractivity contribution is 5.65. The van der Waals surface area contributed by atoms with E-state index in [1.165, 1.54) is 0 Å². The zero-order valence-corrected chi connectivity index (χ0v) is 8.81. The summed E-state index contributed by atoms with van der Waals surface area (Å²) in [5.41, 5.74) is -0.208. The average molecular weight is 200 g/mol. The molecule has 0 saturated carbocycles.